The number of benzene rings is 1. The van der Waals surface area contributed by atoms with E-state index in [4.69, 9.17) is 4.74 Å². The first-order valence-corrected chi connectivity index (χ1v) is 5.93. The van der Waals surface area contributed by atoms with E-state index in [1.165, 1.54) is 19.2 Å². The van der Waals surface area contributed by atoms with Gasteiger partial charge in [0.15, 0.2) is 0 Å². The molecule has 0 radical (unpaired) electrons. The van der Waals surface area contributed by atoms with Crippen molar-refractivity contribution in [3.63, 3.8) is 0 Å². The Labute approximate surface area is 111 Å². The minimum atomic E-state index is -1.09. The first-order chi connectivity index (χ1) is 9.01. The molecule has 0 aliphatic rings. The number of methoxy groups -OCH3 is 1. The van der Waals surface area contributed by atoms with Crippen molar-refractivity contribution in [3.8, 4) is 11.5 Å². The highest BCUT2D eigenvalue weighted by Crippen LogP contribution is 2.24. The minimum absolute atomic E-state index is 0.0560. The van der Waals surface area contributed by atoms with Crippen LogP contribution in [0, 0.1) is 0 Å². The number of carbonyl (C=O) groups is 1. The smallest absolute Gasteiger partial charge is 0.255 e. The number of aliphatic hydroxyl groups is 2. The molecule has 1 rings (SSSR count). The molecule has 6 heteroatoms. The number of carbonyl (C=O) groups excluding carboxylic acids is 1. The van der Waals surface area contributed by atoms with Gasteiger partial charge in [-0.25, -0.2) is 0 Å². The molecular formula is C13H19NO5. The van der Waals surface area contributed by atoms with Gasteiger partial charge in [-0.1, -0.05) is 6.92 Å². The molecule has 19 heavy (non-hydrogen) atoms. The third-order valence-corrected chi connectivity index (χ3v) is 3.11. The van der Waals surface area contributed by atoms with E-state index in [2.05, 4.69) is 5.32 Å². The van der Waals surface area contributed by atoms with Gasteiger partial charge in [0.2, 0.25) is 0 Å². The number of phenols is 1. The summed E-state index contributed by atoms with van der Waals surface area (Å²) >= 11 is 0. The average molecular weight is 269 g/mol. The van der Waals surface area contributed by atoms with E-state index >= 15 is 0 Å². The van der Waals surface area contributed by atoms with Crippen LogP contribution in [0.25, 0.3) is 0 Å². The molecule has 0 heterocycles. The topological polar surface area (TPSA) is 99.0 Å². The van der Waals surface area contributed by atoms with Crippen molar-refractivity contribution < 1.29 is 24.9 Å². The molecule has 0 saturated carbocycles. The van der Waals surface area contributed by atoms with Crippen LogP contribution < -0.4 is 10.1 Å². The van der Waals surface area contributed by atoms with E-state index in [0.29, 0.717) is 12.2 Å². The first-order valence-electron chi connectivity index (χ1n) is 5.93. The van der Waals surface area contributed by atoms with E-state index in [-0.39, 0.29) is 24.5 Å². The van der Waals surface area contributed by atoms with E-state index in [1.807, 2.05) is 0 Å². The predicted octanol–water partition coefficient (Wildman–Crippen LogP) is 0.264. The Morgan fingerprint density at radius 2 is 2.00 bits per heavy atom. The summed E-state index contributed by atoms with van der Waals surface area (Å²) < 4.78 is 4.92. The molecule has 0 aromatic heterocycles. The van der Waals surface area contributed by atoms with Gasteiger partial charge in [0.05, 0.1) is 31.4 Å². The number of amides is 1. The van der Waals surface area contributed by atoms with Gasteiger partial charge in [-0.15, -0.1) is 0 Å². The number of ether oxygens (including phenoxy) is 1. The van der Waals surface area contributed by atoms with Crippen molar-refractivity contribution in [1.29, 1.82) is 0 Å². The summed E-state index contributed by atoms with van der Waals surface area (Å²) in [6.07, 6.45) is 0.364. The van der Waals surface area contributed by atoms with Gasteiger partial charge in [-0.2, -0.15) is 0 Å². The quantitative estimate of drug-likeness (QED) is 0.594. The summed E-state index contributed by atoms with van der Waals surface area (Å²) in [5.74, 6) is -0.358. The zero-order chi connectivity index (χ0) is 14.5. The maximum atomic E-state index is 12.0. The Bertz CT molecular complexity index is 434. The van der Waals surface area contributed by atoms with Crippen molar-refractivity contribution in [1.82, 2.24) is 5.32 Å². The lowest BCUT2D eigenvalue weighted by molar-refractivity contribution is 0.0651. The number of aliphatic hydroxyl groups excluding tert-OH is 2. The normalized spacial score (nSPS) is 11.2. The zero-order valence-electron chi connectivity index (χ0n) is 11.0. The number of hydrogen-bond donors (Lipinski definition) is 4. The SMILES string of the molecule is CCC(CO)(CO)NC(=O)c1ccc(OC)cc1O. The molecule has 0 aliphatic heterocycles. The van der Waals surface area contributed by atoms with Crippen molar-refractivity contribution in [2.24, 2.45) is 0 Å². The van der Waals surface area contributed by atoms with E-state index in [9.17, 15) is 20.1 Å². The Kier molecular flexibility index (Phi) is 5.14. The van der Waals surface area contributed by atoms with Crippen LogP contribution in [0.2, 0.25) is 0 Å². The molecule has 106 valence electrons. The number of rotatable bonds is 6. The van der Waals surface area contributed by atoms with Gasteiger partial charge in [-0.05, 0) is 18.6 Å². The van der Waals surface area contributed by atoms with Gasteiger partial charge in [-0.3, -0.25) is 4.79 Å². The predicted molar refractivity (Wildman–Crippen MR) is 69.3 cm³/mol. The highest BCUT2D eigenvalue weighted by Gasteiger charge is 2.29. The lowest BCUT2D eigenvalue weighted by Crippen LogP contribution is -2.53. The van der Waals surface area contributed by atoms with Crippen LogP contribution >= 0.6 is 0 Å². The molecule has 0 fully saturated rings. The fourth-order valence-electron chi connectivity index (χ4n) is 1.58. The van der Waals surface area contributed by atoms with Gasteiger partial charge in [0.1, 0.15) is 11.5 Å². The second kappa shape index (κ2) is 6.40. The van der Waals surface area contributed by atoms with Gasteiger partial charge < -0.3 is 25.4 Å². The maximum absolute atomic E-state index is 12.0. The van der Waals surface area contributed by atoms with Crippen molar-refractivity contribution in [2.75, 3.05) is 20.3 Å². The van der Waals surface area contributed by atoms with Crippen LogP contribution in [0.15, 0.2) is 18.2 Å². The number of aromatic hydroxyl groups is 1. The molecule has 0 aliphatic carbocycles. The summed E-state index contributed by atoms with van der Waals surface area (Å²) in [4.78, 5) is 12.0. The summed E-state index contributed by atoms with van der Waals surface area (Å²) in [5, 5.41) is 30.8. The molecule has 0 spiro atoms. The molecule has 0 bridgehead atoms. The highest BCUT2D eigenvalue weighted by atomic mass is 16.5. The van der Waals surface area contributed by atoms with Crippen LogP contribution in [-0.4, -0.2) is 47.1 Å². The highest BCUT2D eigenvalue weighted by molar-refractivity contribution is 5.97. The lowest BCUT2D eigenvalue weighted by Gasteiger charge is -2.29. The van der Waals surface area contributed by atoms with Crippen molar-refractivity contribution >= 4 is 5.91 Å². The monoisotopic (exact) mass is 269 g/mol. The second-order valence-corrected chi connectivity index (χ2v) is 4.29. The van der Waals surface area contributed by atoms with Gasteiger partial charge in [0.25, 0.3) is 5.91 Å². The van der Waals surface area contributed by atoms with Gasteiger partial charge in [0, 0.05) is 6.07 Å². The molecule has 0 saturated heterocycles. The van der Waals surface area contributed by atoms with Gasteiger partial charge >= 0.3 is 0 Å². The third kappa shape index (κ3) is 3.36. The Morgan fingerprint density at radius 3 is 2.42 bits per heavy atom. The molecular weight excluding hydrogens is 250 g/mol. The zero-order valence-corrected chi connectivity index (χ0v) is 11.0. The number of phenolic OH excluding ortho intramolecular Hbond substituents is 1. The first kappa shape index (κ1) is 15.3. The molecule has 1 aromatic rings. The molecule has 1 aromatic carbocycles. The van der Waals surface area contributed by atoms with Crippen LogP contribution in [-0.2, 0) is 0 Å². The average Bonchev–Trinajstić information content (AvgIpc) is 2.44. The van der Waals surface area contributed by atoms with E-state index < -0.39 is 11.4 Å². The maximum Gasteiger partial charge on any atom is 0.255 e. The Hall–Kier alpha value is -1.79. The second-order valence-electron chi connectivity index (χ2n) is 4.29. The fourth-order valence-corrected chi connectivity index (χ4v) is 1.58. The molecule has 0 atom stereocenters. The van der Waals surface area contributed by atoms with Crippen LogP contribution in [0.5, 0.6) is 11.5 Å². The van der Waals surface area contributed by atoms with E-state index in [1.54, 1.807) is 13.0 Å². The molecule has 4 N–H and O–H groups in total. The summed E-state index contributed by atoms with van der Waals surface area (Å²) in [6, 6.07) is 4.28. The van der Waals surface area contributed by atoms with Crippen LogP contribution in [0.4, 0.5) is 0 Å². The lowest BCUT2D eigenvalue weighted by atomic mass is 9.97. The molecule has 6 nitrogen and oxygen atoms in total. The Balaban J connectivity index is 2.95. The summed E-state index contributed by atoms with van der Waals surface area (Å²) in [6.45, 7) is 0.964. The van der Waals surface area contributed by atoms with Crippen molar-refractivity contribution in [3.05, 3.63) is 23.8 Å². The largest absolute Gasteiger partial charge is 0.507 e. The fraction of sp³-hybridized carbons (Fsp3) is 0.462. The molecule has 1 amide bonds. The summed E-state index contributed by atoms with van der Waals surface area (Å²) in [7, 11) is 1.45. The summed E-state index contributed by atoms with van der Waals surface area (Å²) in [5.41, 5.74) is -1.04. The minimum Gasteiger partial charge on any atom is -0.507 e. The van der Waals surface area contributed by atoms with Crippen molar-refractivity contribution in [2.45, 2.75) is 18.9 Å². The van der Waals surface area contributed by atoms with E-state index in [0.717, 1.165) is 0 Å². The molecule has 0 unspecified atom stereocenters. The number of nitrogens with one attached hydrogen (secondary N) is 1. The number of hydrogen-bond acceptors (Lipinski definition) is 5. The third-order valence-electron chi connectivity index (χ3n) is 3.11. The van der Waals surface area contributed by atoms with Crippen LogP contribution in [0.1, 0.15) is 23.7 Å². The van der Waals surface area contributed by atoms with Crippen LogP contribution in [0.3, 0.4) is 0 Å². The standard InChI is InChI=1S/C13H19NO5/c1-3-13(7-15,8-16)14-12(18)10-5-4-9(19-2)6-11(10)17/h4-6,15-17H,3,7-8H2,1-2H3,(H,14,18). The Morgan fingerprint density at radius 1 is 1.37 bits per heavy atom.